The Morgan fingerprint density at radius 2 is 2.07 bits per heavy atom. The number of hydrogen-bond donors (Lipinski definition) is 0. The molecule has 0 radical (unpaired) electrons. The first-order chi connectivity index (χ1) is 13.5. The molecule has 2 aromatic carbocycles. The number of fused-ring (bicyclic) bond motifs is 1. The molecule has 6 nitrogen and oxygen atoms in total. The Labute approximate surface area is 170 Å². The Balaban J connectivity index is 1.69. The van der Waals surface area contributed by atoms with E-state index in [4.69, 9.17) is 16.3 Å². The maximum atomic E-state index is 13.3. The summed E-state index contributed by atoms with van der Waals surface area (Å²) in [6.07, 6.45) is 0. The van der Waals surface area contributed by atoms with E-state index in [1.54, 1.807) is 18.2 Å². The fraction of sp³-hybridized carbons (Fsp3) is 0.150. The maximum absolute atomic E-state index is 13.3. The van der Waals surface area contributed by atoms with Crippen LogP contribution >= 0.6 is 22.9 Å². The zero-order valence-electron chi connectivity index (χ0n) is 15.0. The van der Waals surface area contributed by atoms with Crippen molar-refractivity contribution in [2.75, 3.05) is 23.0 Å². The number of rotatable bonds is 4. The highest BCUT2D eigenvalue weighted by Crippen LogP contribution is 2.35. The lowest BCUT2D eigenvalue weighted by molar-refractivity contribution is -0.124. The van der Waals surface area contributed by atoms with Crippen molar-refractivity contribution in [1.29, 1.82) is 0 Å². The van der Waals surface area contributed by atoms with Crippen LogP contribution in [0.1, 0.15) is 5.69 Å². The summed E-state index contributed by atoms with van der Waals surface area (Å²) in [4.78, 5) is 33.2. The van der Waals surface area contributed by atoms with Crippen LogP contribution < -0.4 is 14.5 Å². The number of carbonyl (C=O) groups excluding carboxylic acids is 2. The number of anilines is 3. The van der Waals surface area contributed by atoms with Crippen molar-refractivity contribution in [3.63, 3.8) is 0 Å². The van der Waals surface area contributed by atoms with Gasteiger partial charge < -0.3 is 4.74 Å². The summed E-state index contributed by atoms with van der Waals surface area (Å²) >= 11 is 7.46. The van der Waals surface area contributed by atoms with Gasteiger partial charge in [-0.1, -0.05) is 29.8 Å². The van der Waals surface area contributed by atoms with Gasteiger partial charge in [-0.3, -0.25) is 19.4 Å². The van der Waals surface area contributed by atoms with Crippen LogP contribution in [0.2, 0.25) is 5.02 Å². The number of thiazole rings is 1. The second-order valence-electron chi connectivity index (χ2n) is 6.22. The van der Waals surface area contributed by atoms with E-state index in [-0.39, 0.29) is 25.0 Å². The summed E-state index contributed by atoms with van der Waals surface area (Å²) < 4.78 is 5.45. The number of amides is 2. The lowest BCUT2D eigenvalue weighted by Gasteiger charge is -2.30. The molecule has 2 heterocycles. The third-order valence-corrected chi connectivity index (χ3v) is 5.40. The highest BCUT2D eigenvalue weighted by Gasteiger charge is 2.30. The van der Waals surface area contributed by atoms with E-state index < -0.39 is 0 Å². The van der Waals surface area contributed by atoms with E-state index in [9.17, 15) is 9.59 Å². The van der Waals surface area contributed by atoms with Gasteiger partial charge in [-0.05, 0) is 37.3 Å². The molecule has 142 valence electrons. The van der Waals surface area contributed by atoms with Crippen molar-refractivity contribution in [3.05, 3.63) is 64.6 Å². The Bertz CT molecular complexity index is 1040. The molecule has 0 fully saturated rings. The monoisotopic (exact) mass is 413 g/mol. The van der Waals surface area contributed by atoms with Crippen molar-refractivity contribution in [1.82, 2.24) is 4.98 Å². The molecule has 0 unspecified atom stereocenters. The Morgan fingerprint density at radius 1 is 1.29 bits per heavy atom. The van der Waals surface area contributed by atoms with Gasteiger partial charge >= 0.3 is 0 Å². The van der Waals surface area contributed by atoms with Gasteiger partial charge in [-0.2, -0.15) is 0 Å². The zero-order chi connectivity index (χ0) is 19.7. The standard InChI is InChI=1S/C20H16ClN3O3S/c1-13-12-28-20(22-13)24(15-5-3-2-4-6-15)18(25)10-23-16-9-14(21)7-8-17(16)27-11-19(23)26/h2-9,12H,10-11H2,1H3. The van der Waals surface area contributed by atoms with Crippen LogP contribution in [0.4, 0.5) is 16.5 Å². The minimum absolute atomic E-state index is 0.121. The molecule has 4 rings (SSSR count). The van der Waals surface area contributed by atoms with E-state index in [2.05, 4.69) is 4.98 Å². The number of para-hydroxylation sites is 1. The van der Waals surface area contributed by atoms with E-state index in [0.29, 0.717) is 27.3 Å². The molecule has 0 saturated heterocycles. The minimum atomic E-state index is -0.300. The number of aryl methyl sites for hydroxylation is 1. The third kappa shape index (κ3) is 3.58. The quantitative estimate of drug-likeness (QED) is 0.643. The third-order valence-electron chi connectivity index (χ3n) is 4.22. The van der Waals surface area contributed by atoms with Crippen molar-refractivity contribution < 1.29 is 14.3 Å². The number of ether oxygens (including phenoxy) is 1. The second-order valence-corrected chi connectivity index (χ2v) is 7.49. The van der Waals surface area contributed by atoms with Crippen LogP contribution in [-0.4, -0.2) is 29.9 Å². The molecule has 3 aromatic rings. The van der Waals surface area contributed by atoms with Gasteiger partial charge in [0.25, 0.3) is 11.8 Å². The first-order valence-corrected chi connectivity index (χ1v) is 9.81. The number of aromatic nitrogens is 1. The van der Waals surface area contributed by atoms with Crippen molar-refractivity contribution in [2.24, 2.45) is 0 Å². The summed E-state index contributed by atoms with van der Waals surface area (Å²) in [6.45, 7) is 1.60. The lowest BCUT2D eigenvalue weighted by Crippen LogP contribution is -2.45. The molecule has 0 saturated carbocycles. The van der Waals surface area contributed by atoms with Crippen molar-refractivity contribution in [3.8, 4) is 5.75 Å². The Morgan fingerprint density at radius 3 is 2.79 bits per heavy atom. The molecule has 28 heavy (non-hydrogen) atoms. The van der Waals surface area contributed by atoms with E-state index in [1.807, 2.05) is 42.6 Å². The van der Waals surface area contributed by atoms with Crippen LogP contribution in [-0.2, 0) is 9.59 Å². The SMILES string of the molecule is Cc1csc(N(C(=O)CN2C(=O)COc3ccc(Cl)cc32)c2ccccc2)n1. The highest BCUT2D eigenvalue weighted by molar-refractivity contribution is 7.14. The first kappa shape index (κ1) is 18.5. The largest absolute Gasteiger partial charge is 0.482 e. The van der Waals surface area contributed by atoms with Crippen LogP contribution in [0.15, 0.2) is 53.9 Å². The molecule has 1 aliphatic rings. The van der Waals surface area contributed by atoms with Gasteiger partial charge in [0, 0.05) is 10.4 Å². The average Bonchev–Trinajstić information content (AvgIpc) is 3.11. The molecule has 1 aliphatic heterocycles. The molecular weight excluding hydrogens is 398 g/mol. The molecule has 0 atom stereocenters. The predicted molar refractivity (Wildman–Crippen MR) is 110 cm³/mol. The van der Waals surface area contributed by atoms with Gasteiger partial charge in [0.15, 0.2) is 11.7 Å². The minimum Gasteiger partial charge on any atom is -0.482 e. The first-order valence-electron chi connectivity index (χ1n) is 8.56. The maximum Gasteiger partial charge on any atom is 0.265 e. The summed E-state index contributed by atoms with van der Waals surface area (Å²) in [7, 11) is 0. The molecular formula is C20H16ClN3O3S. The molecule has 0 N–H and O–H groups in total. The summed E-state index contributed by atoms with van der Waals surface area (Å²) in [5.41, 5.74) is 2.00. The normalized spacial score (nSPS) is 13.1. The van der Waals surface area contributed by atoms with E-state index in [1.165, 1.54) is 21.1 Å². The highest BCUT2D eigenvalue weighted by atomic mass is 35.5. The summed E-state index contributed by atoms with van der Waals surface area (Å²) in [5, 5.41) is 2.90. The molecule has 1 aromatic heterocycles. The fourth-order valence-electron chi connectivity index (χ4n) is 2.94. The number of halogens is 1. The number of nitrogens with zero attached hydrogens (tertiary/aromatic N) is 3. The molecule has 0 bridgehead atoms. The average molecular weight is 414 g/mol. The van der Waals surface area contributed by atoms with Crippen molar-refractivity contribution >= 4 is 51.3 Å². The second kappa shape index (κ2) is 7.61. The Kier molecular flexibility index (Phi) is 5.02. The topological polar surface area (TPSA) is 62.7 Å². The molecule has 2 amide bonds. The van der Waals surface area contributed by atoms with Crippen LogP contribution in [0, 0.1) is 6.92 Å². The van der Waals surface area contributed by atoms with Gasteiger partial charge in [0.2, 0.25) is 0 Å². The summed E-state index contributed by atoms with van der Waals surface area (Å²) in [6, 6.07) is 14.3. The van der Waals surface area contributed by atoms with Gasteiger partial charge in [0.05, 0.1) is 17.1 Å². The predicted octanol–water partition coefficient (Wildman–Crippen LogP) is 4.20. The van der Waals surface area contributed by atoms with Crippen LogP contribution in [0.25, 0.3) is 0 Å². The van der Waals surface area contributed by atoms with Gasteiger partial charge in [-0.15, -0.1) is 11.3 Å². The van der Waals surface area contributed by atoms with Crippen LogP contribution in [0.5, 0.6) is 5.75 Å². The zero-order valence-corrected chi connectivity index (χ0v) is 16.5. The number of carbonyl (C=O) groups is 2. The van der Waals surface area contributed by atoms with E-state index in [0.717, 1.165) is 5.69 Å². The van der Waals surface area contributed by atoms with Crippen LogP contribution in [0.3, 0.4) is 0 Å². The number of benzene rings is 2. The van der Waals surface area contributed by atoms with E-state index >= 15 is 0 Å². The lowest BCUT2D eigenvalue weighted by atomic mass is 10.2. The summed E-state index contributed by atoms with van der Waals surface area (Å²) in [5.74, 6) is -0.0543. The smallest absolute Gasteiger partial charge is 0.265 e. The molecule has 0 spiro atoms. The number of hydrogen-bond acceptors (Lipinski definition) is 5. The van der Waals surface area contributed by atoms with Gasteiger partial charge in [-0.25, -0.2) is 4.98 Å². The van der Waals surface area contributed by atoms with Crippen molar-refractivity contribution in [2.45, 2.75) is 6.92 Å². The Hall–Kier alpha value is -2.90. The van der Waals surface area contributed by atoms with Gasteiger partial charge in [0.1, 0.15) is 12.3 Å². The molecule has 0 aliphatic carbocycles. The fourth-order valence-corrected chi connectivity index (χ4v) is 3.94. The molecule has 8 heteroatoms.